The smallest absolute Gasteiger partial charge is 0.169 e. The molecular formula is C16H22FNO2. The molecule has 20 heavy (non-hydrogen) atoms. The van der Waals surface area contributed by atoms with Crippen molar-refractivity contribution >= 4 is 11.0 Å². The highest BCUT2D eigenvalue weighted by Crippen LogP contribution is 2.35. The van der Waals surface area contributed by atoms with Gasteiger partial charge >= 0.3 is 0 Å². The van der Waals surface area contributed by atoms with Crippen molar-refractivity contribution in [1.29, 1.82) is 0 Å². The van der Waals surface area contributed by atoms with Gasteiger partial charge in [-0.05, 0) is 32.0 Å². The zero-order valence-corrected chi connectivity index (χ0v) is 12.5. The molecule has 3 nitrogen and oxygen atoms in total. The summed E-state index contributed by atoms with van der Waals surface area (Å²) in [7, 11) is 1.69. The van der Waals surface area contributed by atoms with Crippen LogP contribution >= 0.6 is 0 Å². The van der Waals surface area contributed by atoms with Gasteiger partial charge in [0.15, 0.2) is 11.4 Å². The van der Waals surface area contributed by atoms with Gasteiger partial charge < -0.3 is 14.5 Å². The van der Waals surface area contributed by atoms with Gasteiger partial charge in [0.1, 0.15) is 5.76 Å². The van der Waals surface area contributed by atoms with Crippen LogP contribution in [0, 0.1) is 5.82 Å². The number of halogens is 1. The molecule has 2 aromatic rings. The monoisotopic (exact) mass is 279 g/mol. The van der Waals surface area contributed by atoms with Crippen LogP contribution in [0.1, 0.15) is 39.0 Å². The van der Waals surface area contributed by atoms with Crippen LogP contribution in [0.15, 0.2) is 28.7 Å². The normalized spacial score (nSPS) is 16.2. The van der Waals surface area contributed by atoms with Crippen LogP contribution in [0.5, 0.6) is 0 Å². The Hall–Kier alpha value is -1.39. The average molecular weight is 279 g/mol. The first-order valence-corrected chi connectivity index (χ1v) is 7.02. The van der Waals surface area contributed by atoms with Gasteiger partial charge in [0.25, 0.3) is 0 Å². The molecule has 2 atom stereocenters. The van der Waals surface area contributed by atoms with Crippen LogP contribution in [-0.2, 0) is 4.74 Å². The molecule has 0 aliphatic carbocycles. The van der Waals surface area contributed by atoms with E-state index in [-0.39, 0.29) is 11.9 Å². The Kier molecular flexibility index (Phi) is 4.45. The van der Waals surface area contributed by atoms with Gasteiger partial charge in [0.05, 0.1) is 11.6 Å². The second kappa shape index (κ2) is 5.94. The second-order valence-corrected chi connectivity index (χ2v) is 5.17. The quantitative estimate of drug-likeness (QED) is 0.866. The molecule has 2 rings (SSSR count). The summed E-state index contributed by atoms with van der Waals surface area (Å²) in [5.41, 5.74) is -0.0969. The minimum atomic E-state index is -0.402. The summed E-state index contributed by atoms with van der Waals surface area (Å²) in [5, 5.41) is 4.16. The number of methoxy groups -OCH3 is 1. The minimum Gasteiger partial charge on any atom is -0.456 e. The Bertz CT molecular complexity index is 575. The van der Waals surface area contributed by atoms with Crippen LogP contribution in [0.2, 0.25) is 0 Å². The van der Waals surface area contributed by atoms with Gasteiger partial charge in [-0.25, -0.2) is 4.39 Å². The fourth-order valence-electron chi connectivity index (χ4n) is 2.48. The van der Waals surface area contributed by atoms with E-state index in [4.69, 9.17) is 9.15 Å². The number of likely N-dealkylation sites (N-methyl/N-ethyl adjacent to an activating group) is 1. The van der Waals surface area contributed by atoms with Crippen molar-refractivity contribution in [2.75, 3.05) is 13.7 Å². The van der Waals surface area contributed by atoms with Crippen LogP contribution in [0.25, 0.3) is 11.0 Å². The summed E-state index contributed by atoms with van der Waals surface area (Å²) >= 11 is 0. The third-order valence-corrected chi connectivity index (χ3v) is 3.99. The maximum atomic E-state index is 13.8. The van der Waals surface area contributed by atoms with Crippen molar-refractivity contribution in [1.82, 2.24) is 5.32 Å². The molecule has 0 bridgehead atoms. The number of para-hydroxylation sites is 1. The lowest BCUT2D eigenvalue weighted by Gasteiger charge is -2.35. The first kappa shape index (κ1) is 15.0. The standard InChI is InChI=1S/C16H22FNO2/c1-5-16(3,19-4)15(18-6-2)13-10-11-8-7-9-12(17)14(11)20-13/h7-10,15,18H,5-6H2,1-4H3. The van der Waals surface area contributed by atoms with Crippen molar-refractivity contribution in [3.05, 3.63) is 35.8 Å². The van der Waals surface area contributed by atoms with Gasteiger partial charge in [0, 0.05) is 12.5 Å². The minimum absolute atomic E-state index is 0.116. The molecule has 0 saturated heterocycles. The van der Waals surface area contributed by atoms with Crippen molar-refractivity contribution in [2.45, 2.75) is 38.8 Å². The first-order valence-electron chi connectivity index (χ1n) is 7.02. The van der Waals surface area contributed by atoms with E-state index in [1.54, 1.807) is 13.2 Å². The topological polar surface area (TPSA) is 34.4 Å². The third-order valence-electron chi connectivity index (χ3n) is 3.99. The Morgan fingerprint density at radius 2 is 2.15 bits per heavy atom. The van der Waals surface area contributed by atoms with Crippen LogP contribution in [0.3, 0.4) is 0 Å². The molecule has 0 aliphatic rings. The number of fused-ring (bicyclic) bond motifs is 1. The number of hydrogen-bond donors (Lipinski definition) is 1. The lowest BCUT2D eigenvalue weighted by molar-refractivity contribution is -0.0346. The van der Waals surface area contributed by atoms with Crippen LogP contribution < -0.4 is 5.32 Å². The summed E-state index contributed by atoms with van der Waals surface area (Å²) in [6.07, 6.45) is 0.820. The molecule has 1 aromatic carbocycles. The van der Waals surface area contributed by atoms with Gasteiger partial charge in [-0.3, -0.25) is 0 Å². The molecule has 0 saturated carbocycles. The lowest BCUT2D eigenvalue weighted by Crippen LogP contribution is -2.42. The first-order chi connectivity index (χ1) is 9.55. The van der Waals surface area contributed by atoms with Crippen molar-refractivity contribution in [3.63, 3.8) is 0 Å². The SMILES string of the molecule is CCNC(c1cc2cccc(F)c2o1)C(C)(CC)OC. The Labute approximate surface area is 119 Å². The highest BCUT2D eigenvalue weighted by Gasteiger charge is 2.35. The fraction of sp³-hybridized carbons (Fsp3) is 0.500. The molecule has 1 N–H and O–H groups in total. The maximum Gasteiger partial charge on any atom is 0.169 e. The van der Waals surface area contributed by atoms with Crippen molar-refractivity contribution in [3.8, 4) is 0 Å². The molecule has 0 spiro atoms. The predicted molar refractivity (Wildman–Crippen MR) is 78.3 cm³/mol. The summed E-state index contributed by atoms with van der Waals surface area (Å²) in [6, 6.07) is 6.72. The van der Waals surface area contributed by atoms with E-state index in [2.05, 4.69) is 12.2 Å². The molecule has 0 aliphatic heterocycles. The van der Waals surface area contributed by atoms with Gasteiger partial charge in [-0.2, -0.15) is 0 Å². The molecule has 1 heterocycles. The molecule has 0 radical (unpaired) electrons. The zero-order chi connectivity index (χ0) is 14.8. The molecule has 4 heteroatoms. The maximum absolute atomic E-state index is 13.8. The Balaban J connectivity index is 2.49. The van der Waals surface area contributed by atoms with Gasteiger partial charge in [-0.1, -0.05) is 26.0 Å². The van der Waals surface area contributed by atoms with E-state index in [0.717, 1.165) is 18.4 Å². The lowest BCUT2D eigenvalue weighted by atomic mass is 9.91. The number of ether oxygens (including phenoxy) is 1. The highest BCUT2D eigenvalue weighted by molar-refractivity contribution is 5.78. The third kappa shape index (κ3) is 2.58. The molecule has 110 valence electrons. The Morgan fingerprint density at radius 3 is 2.70 bits per heavy atom. The van der Waals surface area contributed by atoms with Crippen LogP contribution in [-0.4, -0.2) is 19.3 Å². The number of furan rings is 1. The predicted octanol–water partition coefficient (Wildman–Crippen LogP) is 4.04. The summed E-state index contributed by atoms with van der Waals surface area (Å²) in [4.78, 5) is 0. The summed E-state index contributed by atoms with van der Waals surface area (Å²) < 4.78 is 25.2. The molecule has 2 unspecified atom stereocenters. The van der Waals surface area contributed by atoms with E-state index >= 15 is 0 Å². The Morgan fingerprint density at radius 1 is 1.40 bits per heavy atom. The van der Waals surface area contributed by atoms with E-state index in [1.165, 1.54) is 6.07 Å². The van der Waals surface area contributed by atoms with Crippen molar-refractivity contribution in [2.24, 2.45) is 0 Å². The van der Waals surface area contributed by atoms with E-state index in [1.807, 2.05) is 26.0 Å². The van der Waals surface area contributed by atoms with Gasteiger partial charge in [0.2, 0.25) is 0 Å². The molecule has 0 fully saturated rings. The number of hydrogen-bond acceptors (Lipinski definition) is 3. The zero-order valence-electron chi connectivity index (χ0n) is 12.5. The average Bonchev–Trinajstić information content (AvgIpc) is 2.89. The number of nitrogens with one attached hydrogen (secondary N) is 1. The van der Waals surface area contributed by atoms with E-state index in [9.17, 15) is 4.39 Å². The van der Waals surface area contributed by atoms with Gasteiger partial charge in [-0.15, -0.1) is 0 Å². The van der Waals surface area contributed by atoms with E-state index in [0.29, 0.717) is 11.3 Å². The number of benzene rings is 1. The number of rotatable bonds is 6. The van der Waals surface area contributed by atoms with E-state index < -0.39 is 5.60 Å². The highest BCUT2D eigenvalue weighted by atomic mass is 19.1. The molecule has 0 amide bonds. The largest absolute Gasteiger partial charge is 0.456 e. The molecular weight excluding hydrogens is 257 g/mol. The fourth-order valence-corrected chi connectivity index (χ4v) is 2.48. The van der Waals surface area contributed by atoms with Crippen molar-refractivity contribution < 1.29 is 13.5 Å². The summed E-state index contributed by atoms with van der Waals surface area (Å²) in [5.74, 6) is 0.373. The second-order valence-electron chi connectivity index (χ2n) is 5.17. The summed E-state index contributed by atoms with van der Waals surface area (Å²) in [6.45, 7) is 6.91. The molecule has 1 aromatic heterocycles. The van der Waals surface area contributed by atoms with Crippen LogP contribution in [0.4, 0.5) is 4.39 Å².